The van der Waals surface area contributed by atoms with Gasteiger partial charge in [-0.2, -0.15) is 0 Å². The fourth-order valence-electron chi connectivity index (χ4n) is 1.95. The monoisotopic (exact) mass is 382 g/mol. The summed E-state index contributed by atoms with van der Waals surface area (Å²) in [4.78, 5) is 10.1. The van der Waals surface area contributed by atoms with Crippen molar-refractivity contribution in [1.29, 1.82) is 0 Å². The number of hydrogen-bond donors (Lipinski definition) is 1. The van der Waals surface area contributed by atoms with Gasteiger partial charge in [0.05, 0.1) is 13.2 Å². The zero-order valence-corrected chi connectivity index (χ0v) is 13.8. The Labute approximate surface area is 142 Å². The third kappa shape index (κ3) is 5.33. The van der Waals surface area contributed by atoms with E-state index in [1.54, 1.807) is 0 Å². The van der Waals surface area contributed by atoms with E-state index in [1.807, 2.05) is 30.3 Å². The molecule has 2 aromatic carbocycles. The maximum absolute atomic E-state index is 13.3. The largest absolute Gasteiger partial charge is 0.491 e. The molecule has 2 rings (SSSR count). The lowest BCUT2D eigenvalue weighted by molar-refractivity contribution is -0.136. The number of carbonyl (C=O) groups is 1. The Morgan fingerprint density at radius 3 is 2.61 bits per heavy atom. The second-order valence-corrected chi connectivity index (χ2v) is 5.69. The quantitative estimate of drug-likeness (QED) is 0.554. The second-order valence-electron chi connectivity index (χ2n) is 4.77. The van der Waals surface area contributed by atoms with Crippen molar-refractivity contribution in [2.45, 2.75) is 11.4 Å². The van der Waals surface area contributed by atoms with Crippen molar-refractivity contribution in [2.24, 2.45) is 0 Å². The zero-order chi connectivity index (χ0) is 16.7. The van der Waals surface area contributed by atoms with Crippen LogP contribution in [0.1, 0.15) is 16.0 Å². The number of aliphatic carboxylic acids is 1. The Hall–Kier alpha value is -1.92. The van der Waals surface area contributed by atoms with Crippen LogP contribution in [-0.4, -0.2) is 24.3 Å². The Balaban J connectivity index is 1.87. The summed E-state index contributed by atoms with van der Waals surface area (Å²) in [6, 6.07) is 13.4. The molecular formula is C17H16BrFO4. The summed E-state index contributed by atoms with van der Waals surface area (Å²) >= 11 is 3.05. The number of carboxylic acids is 1. The molecule has 0 spiro atoms. The highest BCUT2D eigenvalue weighted by atomic mass is 79.9. The van der Waals surface area contributed by atoms with Gasteiger partial charge < -0.3 is 14.6 Å². The molecule has 0 aliphatic heterocycles. The predicted molar refractivity (Wildman–Crippen MR) is 87.3 cm³/mol. The van der Waals surface area contributed by atoms with E-state index in [-0.39, 0.29) is 12.4 Å². The van der Waals surface area contributed by atoms with Gasteiger partial charge in [-0.05, 0) is 11.6 Å². The first-order valence-corrected chi connectivity index (χ1v) is 7.90. The first kappa shape index (κ1) is 17.4. The van der Waals surface area contributed by atoms with Crippen LogP contribution >= 0.6 is 15.9 Å². The highest BCUT2D eigenvalue weighted by Crippen LogP contribution is 2.32. The molecular weight excluding hydrogens is 367 g/mol. The van der Waals surface area contributed by atoms with Crippen molar-refractivity contribution in [2.75, 3.05) is 13.2 Å². The van der Waals surface area contributed by atoms with Crippen LogP contribution in [0.3, 0.4) is 0 Å². The average Bonchev–Trinajstić information content (AvgIpc) is 2.55. The number of alkyl halides is 1. The van der Waals surface area contributed by atoms with Gasteiger partial charge in [-0.15, -0.1) is 0 Å². The van der Waals surface area contributed by atoms with Crippen LogP contribution in [0.5, 0.6) is 5.75 Å². The van der Waals surface area contributed by atoms with Gasteiger partial charge in [-0.25, -0.2) is 4.39 Å². The van der Waals surface area contributed by atoms with Gasteiger partial charge in [0.15, 0.2) is 0 Å². The van der Waals surface area contributed by atoms with Gasteiger partial charge in [0.25, 0.3) is 0 Å². The van der Waals surface area contributed by atoms with Crippen LogP contribution < -0.4 is 4.74 Å². The summed E-state index contributed by atoms with van der Waals surface area (Å²) in [5.41, 5.74) is 1.41. The lowest BCUT2D eigenvalue weighted by atomic mass is 10.1. The number of ether oxygens (including phenoxy) is 2. The van der Waals surface area contributed by atoms with Crippen molar-refractivity contribution in [3.05, 3.63) is 65.5 Å². The minimum Gasteiger partial charge on any atom is -0.491 e. The molecule has 6 heteroatoms. The number of carboxylic acid groups (broad SMARTS) is 1. The molecule has 0 aliphatic rings. The van der Waals surface area contributed by atoms with E-state index in [0.717, 1.165) is 5.56 Å². The van der Waals surface area contributed by atoms with Crippen molar-refractivity contribution < 1.29 is 23.8 Å². The minimum atomic E-state index is -1.07. The molecule has 23 heavy (non-hydrogen) atoms. The molecule has 0 saturated carbocycles. The summed E-state index contributed by atoms with van der Waals surface area (Å²) in [5.74, 6) is -1.36. The molecule has 0 fully saturated rings. The molecule has 122 valence electrons. The van der Waals surface area contributed by atoms with Crippen molar-refractivity contribution in [3.63, 3.8) is 0 Å². The Kier molecular flexibility index (Phi) is 6.55. The SMILES string of the molecule is O=C(O)C(Br)c1ccc(F)cc1OCCOCc1ccccc1. The van der Waals surface area contributed by atoms with Gasteiger partial charge in [-0.1, -0.05) is 52.3 Å². The summed E-state index contributed by atoms with van der Waals surface area (Å²) in [5, 5.41) is 9.04. The van der Waals surface area contributed by atoms with Gasteiger partial charge >= 0.3 is 5.97 Å². The molecule has 0 heterocycles. The number of rotatable bonds is 8. The van der Waals surface area contributed by atoms with Crippen LogP contribution in [0.4, 0.5) is 4.39 Å². The lowest BCUT2D eigenvalue weighted by Crippen LogP contribution is -2.11. The summed E-state index contributed by atoms with van der Waals surface area (Å²) in [7, 11) is 0. The van der Waals surface area contributed by atoms with E-state index in [4.69, 9.17) is 14.6 Å². The molecule has 1 unspecified atom stereocenters. The molecule has 0 aromatic heterocycles. The Morgan fingerprint density at radius 2 is 1.91 bits per heavy atom. The van der Waals surface area contributed by atoms with Crippen LogP contribution in [0.15, 0.2) is 48.5 Å². The van der Waals surface area contributed by atoms with E-state index < -0.39 is 16.6 Å². The molecule has 0 saturated heterocycles. The number of halogens is 2. The highest BCUT2D eigenvalue weighted by Gasteiger charge is 2.20. The van der Waals surface area contributed by atoms with Crippen molar-refractivity contribution >= 4 is 21.9 Å². The fourth-order valence-corrected chi connectivity index (χ4v) is 2.33. The van der Waals surface area contributed by atoms with Gasteiger partial charge in [0, 0.05) is 11.6 Å². The normalized spacial score (nSPS) is 11.9. The molecule has 0 amide bonds. The van der Waals surface area contributed by atoms with E-state index >= 15 is 0 Å². The van der Waals surface area contributed by atoms with Crippen molar-refractivity contribution in [3.8, 4) is 5.75 Å². The predicted octanol–water partition coefficient (Wildman–Crippen LogP) is 3.94. The lowest BCUT2D eigenvalue weighted by Gasteiger charge is -2.13. The molecule has 4 nitrogen and oxygen atoms in total. The van der Waals surface area contributed by atoms with Crippen LogP contribution in [0.2, 0.25) is 0 Å². The first-order chi connectivity index (χ1) is 11.1. The minimum absolute atomic E-state index is 0.192. The van der Waals surface area contributed by atoms with E-state index in [0.29, 0.717) is 18.8 Å². The summed E-state index contributed by atoms with van der Waals surface area (Å²) < 4.78 is 24.3. The second kappa shape index (κ2) is 8.64. The first-order valence-electron chi connectivity index (χ1n) is 6.98. The zero-order valence-electron chi connectivity index (χ0n) is 12.2. The number of hydrogen-bond acceptors (Lipinski definition) is 3. The number of benzene rings is 2. The third-order valence-corrected chi connectivity index (χ3v) is 3.95. The van der Waals surface area contributed by atoms with Gasteiger partial charge in [0.2, 0.25) is 0 Å². The van der Waals surface area contributed by atoms with E-state index in [2.05, 4.69) is 15.9 Å². The smallest absolute Gasteiger partial charge is 0.321 e. The molecule has 1 atom stereocenters. The fraction of sp³-hybridized carbons (Fsp3) is 0.235. The van der Waals surface area contributed by atoms with E-state index in [9.17, 15) is 9.18 Å². The average molecular weight is 383 g/mol. The summed E-state index contributed by atoms with van der Waals surface area (Å²) in [6.07, 6.45) is 0. The Morgan fingerprint density at radius 1 is 1.17 bits per heavy atom. The molecule has 0 aliphatic carbocycles. The third-order valence-electron chi connectivity index (χ3n) is 3.06. The molecule has 1 N–H and O–H groups in total. The van der Waals surface area contributed by atoms with Crippen LogP contribution in [0.25, 0.3) is 0 Å². The maximum atomic E-state index is 13.3. The standard InChI is InChI=1S/C17H16BrFO4/c18-16(17(20)21)14-7-6-13(19)10-15(14)23-9-8-22-11-12-4-2-1-3-5-12/h1-7,10,16H,8-9,11H2,(H,20,21). The Bertz CT molecular complexity index is 648. The molecule has 0 radical (unpaired) electrons. The van der Waals surface area contributed by atoms with Gasteiger partial charge in [-0.3, -0.25) is 4.79 Å². The maximum Gasteiger partial charge on any atom is 0.321 e. The highest BCUT2D eigenvalue weighted by molar-refractivity contribution is 9.09. The molecule has 2 aromatic rings. The topological polar surface area (TPSA) is 55.8 Å². The van der Waals surface area contributed by atoms with Crippen LogP contribution in [0, 0.1) is 5.82 Å². The summed E-state index contributed by atoms with van der Waals surface area (Å²) in [6.45, 7) is 0.962. The van der Waals surface area contributed by atoms with Crippen LogP contribution in [-0.2, 0) is 16.1 Å². The van der Waals surface area contributed by atoms with Gasteiger partial charge in [0.1, 0.15) is 23.0 Å². The molecule has 0 bridgehead atoms. The van der Waals surface area contributed by atoms with Crippen molar-refractivity contribution in [1.82, 2.24) is 0 Å². The van der Waals surface area contributed by atoms with E-state index in [1.165, 1.54) is 18.2 Å².